The zero-order valence-corrected chi connectivity index (χ0v) is 26.9. The fourth-order valence-corrected chi connectivity index (χ4v) is 8.83. The summed E-state index contributed by atoms with van der Waals surface area (Å²) in [6.07, 6.45) is 1.90. The average Bonchev–Trinajstić information content (AvgIpc) is 3.83. The van der Waals surface area contributed by atoms with Crippen molar-refractivity contribution in [3.05, 3.63) is 152 Å². The third-order valence-electron chi connectivity index (χ3n) is 9.87. The largest absolute Gasteiger partial charge is 0.436 e. The molecule has 0 unspecified atom stereocenters. The first kappa shape index (κ1) is 26.7. The lowest BCUT2D eigenvalue weighted by atomic mass is 10.00. The van der Waals surface area contributed by atoms with E-state index in [0.717, 1.165) is 44.2 Å². The molecular weight excluding hydrogens is 619 g/mol. The van der Waals surface area contributed by atoms with E-state index in [4.69, 9.17) is 14.4 Å². The number of fused-ring (bicyclic) bond motifs is 11. The second-order valence-corrected chi connectivity index (χ2v) is 13.7. The lowest BCUT2D eigenvalue weighted by molar-refractivity contribution is 0.654. The zero-order chi connectivity index (χ0) is 32.1. The molecule has 49 heavy (non-hydrogen) atoms. The van der Waals surface area contributed by atoms with Crippen molar-refractivity contribution in [2.24, 2.45) is 0 Å². The van der Waals surface area contributed by atoms with E-state index in [2.05, 4.69) is 144 Å². The second kappa shape index (κ2) is 10.1. The molecule has 0 aliphatic carbocycles. The number of rotatable bonds is 3. The first-order chi connectivity index (χ1) is 24.3. The molecule has 4 nitrogen and oxygen atoms in total. The molecule has 0 amide bonds. The van der Waals surface area contributed by atoms with Gasteiger partial charge in [0.25, 0.3) is 0 Å². The Morgan fingerprint density at radius 2 is 1.33 bits per heavy atom. The summed E-state index contributed by atoms with van der Waals surface area (Å²) >= 11 is 1.82. The van der Waals surface area contributed by atoms with Gasteiger partial charge in [-0.25, -0.2) is 9.97 Å². The van der Waals surface area contributed by atoms with Crippen molar-refractivity contribution in [2.75, 3.05) is 0 Å². The van der Waals surface area contributed by atoms with E-state index in [9.17, 15) is 0 Å². The van der Waals surface area contributed by atoms with Crippen LogP contribution in [0.5, 0.6) is 0 Å². The molecule has 11 rings (SSSR count). The van der Waals surface area contributed by atoms with Crippen molar-refractivity contribution >= 4 is 86.3 Å². The minimum Gasteiger partial charge on any atom is -0.436 e. The van der Waals surface area contributed by atoms with Gasteiger partial charge in [-0.15, -0.1) is 11.3 Å². The van der Waals surface area contributed by atoms with Crippen molar-refractivity contribution < 1.29 is 4.42 Å². The molecule has 5 heteroatoms. The summed E-state index contributed by atoms with van der Waals surface area (Å²) in [7, 11) is 0. The lowest BCUT2D eigenvalue weighted by Gasteiger charge is -2.09. The van der Waals surface area contributed by atoms with Gasteiger partial charge in [-0.1, -0.05) is 103 Å². The molecule has 4 aromatic heterocycles. The Kier molecular flexibility index (Phi) is 5.51. The van der Waals surface area contributed by atoms with Crippen molar-refractivity contribution in [3.63, 3.8) is 0 Å². The van der Waals surface area contributed by atoms with Crippen LogP contribution in [-0.2, 0) is 0 Å². The highest BCUT2D eigenvalue weighted by atomic mass is 32.1. The quantitative estimate of drug-likeness (QED) is 0.192. The molecular formula is C44H25N3OS. The Labute approximate surface area is 284 Å². The van der Waals surface area contributed by atoms with Crippen molar-refractivity contribution in [3.8, 4) is 28.1 Å². The molecule has 0 aliphatic heterocycles. The van der Waals surface area contributed by atoms with E-state index >= 15 is 0 Å². The summed E-state index contributed by atoms with van der Waals surface area (Å²) in [6.45, 7) is 0. The molecule has 0 fully saturated rings. The van der Waals surface area contributed by atoms with Crippen molar-refractivity contribution in [1.82, 2.24) is 14.5 Å². The number of thiophene rings is 1. The van der Waals surface area contributed by atoms with E-state index in [-0.39, 0.29) is 0 Å². The molecule has 4 heterocycles. The maximum absolute atomic E-state index is 6.28. The molecule has 0 N–H and O–H groups in total. The van der Waals surface area contributed by atoms with E-state index < -0.39 is 0 Å². The van der Waals surface area contributed by atoms with Crippen LogP contribution in [0.3, 0.4) is 0 Å². The first-order valence-electron chi connectivity index (χ1n) is 16.4. The predicted molar refractivity (Wildman–Crippen MR) is 205 cm³/mol. The highest BCUT2D eigenvalue weighted by Crippen LogP contribution is 2.43. The summed E-state index contributed by atoms with van der Waals surface area (Å²) in [5.74, 6) is 0. The number of hydrogen-bond donors (Lipinski definition) is 0. The molecule has 0 atom stereocenters. The fourth-order valence-electron chi connectivity index (χ4n) is 7.65. The summed E-state index contributed by atoms with van der Waals surface area (Å²) in [5.41, 5.74) is 10.0. The fraction of sp³-hybridized carbons (Fsp3) is 0. The molecule has 0 spiro atoms. The van der Waals surface area contributed by atoms with Crippen LogP contribution in [0.2, 0.25) is 0 Å². The maximum Gasteiger partial charge on any atom is 0.246 e. The highest BCUT2D eigenvalue weighted by Gasteiger charge is 2.18. The van der Waals surface area contributed by atoms with Gasteiger partial charge in [-0.2, -0.15) is 0 Å². The topological polar surface area (TPSA) is 43.9 Å². The maximum atomic E-state index is 6.28. The Balaban J connectivity index is 1.06. The van der Waals surface area contributed by atoms with Gasteiger partial charge < -0.3 is 8.98 Å². The number of benzene rings is 7. The van der Waals surface area contributed by atoms with Crippen molar-refractivity contribution in [1.29, 1.82) is 0 Å². The monoisotopic (exact) mass is 643 g/mol. The summed E-state index contributed by atoms with van der Waals surface area (Å²) in [6, 6.07) is 51.9. The Morgan fingerprint density at radius 1 is 0.551 bits per heavy atom. The third kappa shape index (κ3) is 3.91. The highest BCUT2D eigenvalue weighted by molar-refractivity contribution is 7.26. The third-order valence-corrected chi connectivity index (χ3v) is 11.0. The van der Waals surface area contributed by atoms with Crippen LogP contribution in [-0.4, -0.2) is 14.5 Å². The summed E-state index contributed by atoms with van der Waals surface area (Å²) in [4.78, 5) is 9.98. The number of furan rings is 1. The van der Waals surface area contributed by atoms with Crippen LogP contribution < -0.4 is 0 Å². The van der Waals surface area contributed by atoms with Crippen LogP contribution >= 0.6 is 11.3 Å². The Bertz CT molecular complexity index is 3110. The van der Waals surface area contributed by atoms with Crippen LogP contribution in [0, 0.1) is 0 Å². The molecule has 0 saturated carbocycles. The predicted octanol–water partition coefficient (Wildman–Crippen LogP) is 12.3. The normalized spacial score (nSPS) is 12.1. The minimum absolute atomic E-state index is 0.561. The molecule has 0 radical (unpaired) electrons. The number of aromatic nitrogens is 3. The number of para-hydroxylation sites is 2. The SMILES string of the molecule is c1ccc(-n2c3ccccc3c3ccc(-c4ccc5c(c4)sc4cccc(-c6cnc7c(n6)oc6ccc8ccccc8c67)c45)cc32)cc1. The summed E-state index contributed by atoms with van der Waals surface area (Å²) < 4.78 is 11.1. The van der Waals surface area contributed by atoms with Gasteiger partial charge in [0, 0.05) is 42.2 Å². The summed E-state index contributed by atoms with van der Waals surface area (Å²) in [5, 5.41) is 8.24. The second-order valence-electron chi connectivity index (χ2n) is 12.6. The molecule has 0 bridgehead atoms. The van der Waals surface area contributed by atoms with Crippen LogP contribution in [0.4, 0.5) is 0 Å². The van der Waals surface area contributed by atoms with Crippen molar-refractivity contribution in [2.45, 2.75) is 0 Å². The Hall–Kier alpha value is -6.30. The minimum atomic E-state index is 0.561. The van der Waals surface area contributed by atoms with E-state index in [1.807, 2.05) is 23.6 Å². The standard InChI is InChI=1S/C44H25N3OS/c1-2-10-29(11-3-1)47-36-15-7-6-13-31(36)32-20-17-27(23-37(32)47)28-18-21-34-40(24-28)49-39-16-8-14-33(41(34)39)35-25-45-43-42-30-12-5-4-9-26(30)19-22-38(42)48-44(43)46-35/h1-25H. The zero-order valence-electron chi connectivity index (χ0n) is 26.1. The van der Waals surface area contributed by atoms with Gasteiger partial charge in [0.15, 0.2) is 0 Å². The molecule has 0 aliphatic rings. The lowest BCUT2D eigenvalue weighted by Crippen LogP contribution is -1.93. The smallest absolute Gasteiger partial charge is 0.246 e. The first-order valence-corrected chi connectivity index (χ1v) is 17.2. The van der Waals surface area contributed by atoms with Gasteiger partial charge >= 0.3 is 0 Å². The average molecular weight is 644 g/mol. The molecule has 7 aromatic carbocycles. The van der Waals surface area contributed by atoms with Gasteiger partial charge in [0.05, 0.1) is 28.3 Å². The van der Waals surface area contributed by atoms with E-state index in [1.54, 1.807) is 0 Å². The van der Waals surface area contributed by atoms with E-state index in [1.165, 1.54) is 53.1 Å². The van der Waals surface area contributed by atoms with Crippen LogP contribution in [0.1, 0.15) is 0 Å². The molecule has 228 valence electrons. The molecule has 0 saturated heterocycles. The number of hydrogen-bond acceptors (Lipinski definition) is 4. The van der Waals surface area contributed by atoms with Crippen LogP contribution in [0.25, 0.3) is 103 Å². The van der Waals surface area contributed by atoms with Gasteiger partial charge in [0.2, 0.25) is 5.71 Å². The van der Waals surface area contributed by atoms with Gasteiger partial charge in [-0.3, -0.25) is 0 Å². The number of nitrogens with zero attached hydrogens (tertiary/aromatic N) is 3. The van der Waals surface area contributed by atoms with Gasteiger partial charge in [0.1, 0.15) is 11.1 Å². The van der Waals surface area contributed by atoms with Crippen LogP contribution in [0.15, 0.2) is 156 Å². The Morgan fingerprint density at radius 3 is 2.24 bits per heavy atom. The molecule has 11 aromatic rings. The van der Waals surface area contributed by atoms with Gasteiger partial charge in [-0.05, 0) is 64.4 Å². The van der Waals surface area contributed by atoms with E-state index in [0.29, 0.717) is 5.71 Å².